The zero-order valence-corrected chi connectivity index (χ0v) is 13.2. The highest BCUT2D eigenvalue weighted by Crippen LogP contribution is 2.23. The lowest BCUT2D eigenvalue weighted by atomic mass is 10.0. The molecule has 0 bridgehead atoms. The van der Waals surface area contributed by atoms with Gasteiger partial charge >= 0.3 is 0 Å². The molecule has 3 heterocycles. The number of fused-ring (bicyclic) bond motifs is 1. The van der Waals surface area contributed by atoms with Crippen molar-refractivity contribution in [1.82, 2.24) is 19.9 Å². The van der Waals surface area contributed by atoms with Crippen molar-refractivity contribution in [3.05, 3.63) is 52.9 Å². The minimum absolute atomic E-state index is 0.0256. The molecule has 1 amide bonds. The van der Waals surface area contributed by atoms with Crippen molar-refractivity contribution in [2.24, 2.45) is 0 Å². The van der Waals surface area contributed by atoms with E-state index in [1.54, 1.807) is 6.20 Å². The topological polar surface area (TPSA) is 59.0 Å². The van der Waals surface area contributed by atoms with Crippen molar-refractivity contribution in [1.29, 1.82) is 0 Å². The fraction of sp³-hybridized carbons (Fsp3) is 0.412. The molecule has 1 aliphatic heterocycles. The lowest BCUT2D eigenvalue weighted by Crippen LogP contribution is -2.27. The molecule has 0 fully saturated rings. The van der Waals surface area contributed by atoms with Gasteiger partial charge in [-0.25, -0.2) is 9.97 Å². The normalized spacial score (nSPS) is 13.5. The number of amides is 1. The first-order valence-corrected chi connectivity index (χ1v) is 7.67. The highest BCUT2D eigenvalue weighted by Gasteiger charge is 2.27. The number of pyridine rings is 1. The largest absolute Gasteiger partial charge is 0.328 e. The van der Waals surface area contributed by atoms with E-state index in [-0.39, 0.29) is 5.91 Å². The monoisotopic (exact) mass is 296 g/mol. The third-order valence-corrected chi connectivity index (χ3v) is 4.02. The van der Waals surface area contributed by atoms with Crippen molar-refractivity contribution in [2.75, 3.05) is 0 Å². The van der Waals surface area contributed by atoms with E-state index in [1.807, 2.05) is 24.0 Å². The lowest BCUT2D eigenvalue weighted by Gasteiger charge is -2.18. The van der Waals surface area contributed by atoms with Crippen LogP contribution in [-0.4, -0.2) is 25.8 Å². The van der Waals surface area contributed by atoms with Gasteiger partial charge in [0.2, 0.25) is 0 Å². The highest BCUT2D eigenvalue weighted by atomic mass is 16.2. The third-order valence-electron chi connectivity index (χ3n) is 4.02. The van der Waals surface area contributed by atoms with E-state index in [4.69, 9.17) is 0 Å². The Morgan fingerprint density at radius 3 is 2.82 bits per heavy atom. The van der Waals surface area contributed by atoms with E-state index >= 15 is 0 Å². The maximum Gasteiger partial charge on any atom is 0.256 e. The van der Waals surface area contributed by atoms with Crippen LogP contribution in [0.25, 0.3) is 0 Å². The summed E-state index contributed by atoms with van der Waals surface area (Å²) in [7, 11) is 0. The summed E-state index contributed by atoms with van der Waals surface area (Å²) >= 11 is 0. The minimum Gasteiger partial charge on any atom is -0.328 e. The molecule has 0 N–H and O–H groups in total. The van der Waals surface area contributed by atoms with Gasteiger partial charge in [0.25, 0.3) is 5.91 Å². The van der Waals surface area contributed by atoms with Crippen LogP contribution in [0.3, 0.4) is 0 Å². The Kier molecular flexibility index (Phi) is 3.88. The molecule has 0 saturated heterocycles. The number of nitrogens with zero attached hydrogens (tertiary/aromatic N) is 4. The van der Waals surface area contributed by atoms with Crippen LogP contribution in [0.1, 0.15) is 59.7 Å². The van der Waals surface area contributed by atoms with Gasteiger partial charge in [0.05, 0.1) is 23.5 Å². The van der Waals surface area contributed by atoms with Gasteiger partial charge in [-0.3, -0.25) is 9.78 Å². The maximum atomic E-state index is 12.8. The lowest BCUT2D eigenvalue weighted by molar-refractivity contribution is 0.0748. The van der Waals surface area contributed by atoms with Crippen molar-refractivity contribution < 1.29 is 4.79 Å². The number of carbonyl (C=O) groups is 1. The summed E-state index contributed by atoms with van der Waals surface area (Å²) in [5.74, 6) is 0.387. The Morgan fingerprint density at radius 1 is 1.32 bits per heavy atom. The van der Waals surface area contributed by atoms with Crippen molar-refractivity contribution in [2.45, 2.75) is 46.2 Å². The van der Waals surface area contributed by atoms with E-state index < -0.39 is 0 Å². The van der Waals surface area contributed by atoms with Gasteiger partial charge in [-0.05, 0) is 24.5 Å². The number of aromatic nitrogens is 3. The maximum absolute atomic E-state index is 12.8. The van der Waals surface area contributed by atoms with Crippen molar-refractivity contribution in [3.63, 3.8) is 0 Å². The molecule has 0 spiro atoms. The average Bonchev–Trinajstić information content (AvgIpc) is 2.97. The quantitative estimate of drug-likeness (QED) is 0.874. The molecular weight excluding hydrogens is 276 g/mol. The van der Waals surface area contributed by atoms with Crippen LogP contribution in [0.4, 0.5) is 0 Å². The highest BCUT2D eigenvalue weighted by molar-refractivity contribution is 5.95. The van der Waals surface area contributed by atoms with Gasteiger partial charge in [-0.15, -0.1) is 0 Å². The standard InChI is InChI=1S/C17H20N4O/c1-4-14-13(5-6-15(20-14)11(2)3)17(22)21-8-12-7-18-10-19-16(12)9-21/h5-7,10-11H,4,8-9H2,1-3H3. The Labute approximate surface area is 130 Å². The molecule has 0 aliphatic carbocycles. The van der Waals surface area contributed by atoms with E-state index in [9.17, 15) is 4.79 Å². The zero-order valence-electron chi connectivity index (χ0n) is 13.2. The fourth-order valence-electron chi connectivity index (χ4n) is 2.72. The third kappa shape index (κ3) is 2.58. The van der Waals surface area contributed by atoms with Gasteiger partial charge in [0, 0.05) is 24.0 Å². The zero-order chi connectivity index (χ0) is 15.7. The predicted molar refractivity (Wildman–Crippen MR) is 83.3 cm³/mol. The summed E-state index contributed by atoms with van der Waals surface area (Å²) in [5, 5.41) is 0. The molecular formula is C17H20N4O. The van der Waals surface area contributed by atoms with Crippen LogP contribution in [0.15, 0.2) is 24.7 Å². The second kappa shape index (κ2) is 5.83. The van der Waals surface area contributed by atoms with Crippen LogP contribution in [-0.2, 0) is 19.5 Å². The predicted octanol–water partition coefficient (Wildman–Crippen LogP) is 2.71. The summed E-state index contributed by atoms with van der Waals surface area (Å²) in [6, 6.07) is 3.87. The summed E-state index contributed by atoms with van der Waals surface area (Å²) in [6.07, 6.45) is 4.07. The number of hydrogen-bond donors (Lipinski definition) is 0. The van der Waals surface area contributed by atoms with E-state index in [0.29, 0.717) is 24.6 Å². The molecule has 0 saturated carbocycles. The number of hydrogen-bond acceptors (Lipinski definition) is 4. The summed E-state index contributed by atoms with van der Waals surface area (Å²) in [6.45, 7) is 7.38. The molecule has 22 heavy (non-hydrogen) atoms. The van der Waals surface area contributed by atoms with Gasteiger partial charge in [0.1, 0.15) is 6.33 Å². The molecule has 0 atom stereocenters. The van der Waals surface area contributed by atoms with Crippen molar-refractivity contribution in [3.8, 4) is 0 Å². The molecule has 0 unspecified atom stereocenters. The first kappa shape index (κ1) is 14.6. The van der Waals surface area contributed by atoms with Gasteiger partial charge in [-0.2, -0.15) is 0 Å². The molecule has 1 aliphatic rings. The Bertz CT molecular complexity index is 687. The molecule has 5 heteroatoms. The number of carbonyl (C=O) groups excluding carboxylic acids is 1. The van der Waals surface area contributed by atoms with Gasteiger partial charge in [0.15, 0.2) is 0 Å². The molecule has 114 valence electrons. The van der Waals surface area contributed by atoms with Crippen LogP contribution in [0.5, 0.6) is 0 Å². The summed E-state index contributed by atoms with van der Waals surface area (Å²) in [5.41, 5.74) is 4.57. The summed E-state index contributed by atoms with van der Waals surface area (Å²) in [4.78, 5) is 27.6. The average molecular weight is 296 g/mol. The Balaban J connectivity index is 1.87. The SMILES string of the molecule is CCc1nc(C(C)C)ccc1C(=O)N1Cc2cncnc2C1. The second-order valence-corrected chi connectivity index (χ2v) is 5.89. The Morgan fingerprint density at radius 2 is 2.14 bits per heavy atom. The van der Waals surface area contributed by atoms with Crippen molar-refractivity contribution >= 4 is 5.91 Å². The molecule has 0 radical (unpaired) electrons. The molecule has 2 aromatic heterocycles. The molecule has 0 aromatic carbocycles. The van der Waals surface area contributed by atoms with Gasteiger partial charge in [-0.1, -0.05) is 20.8 Å². The number of rotatable bonds is 3. The molecule has 5 nitrogen and oxygen atoms in total. The molecule has 3 rings (SSSR count). The molecule has 2 aromatic rings. The minimum atomic E-state index is 0.0256. The van der Waals surface area contributed by atoms with E-state index in [2.05, 4.69) is 28.8 Å². The smallest absolute Gasteiger partial charge is 0.256 e. The Hall–Kier alpha value is -2.30. The second-order valence-electron chi connectivity index (χ2n) is 5.89. The number of aryl methyl sites for hydroxylation is 1. The van der Waals surface area contributed by atoms with Crippen LogP contribution < -0.4 is 0 Å². The van der Waals surface area contributed by atoms with Gasteiger partial charge < -0.3 is 4.90 Å². The van der Waals surface area contributed by atoms with E-state index in [1.165, 1.54) is 6.33 Å². The van der Waals surface area contributed by atoms with Crippen LogP contribution >= 0.6 is 0 Å². The first-order chi connectivity index (χ1) is 10.6. The fourth-order valence-corrected chi connectivity index (χ4v) is 2.72. The van der Waals surface area contributed by atoms with Crippen LogP contribution in [0, 0.1) is 0 Å². The van der Waals surface area contributed by atoms with E-state index in [0.717, 1.165) is 29.1 Å². The first-order valence-electron chi connectivity index (χ1n) is 7.67. The van der Waals surface area contributed by atoms with Crippen LogP contribution in [0.2, 0.25) is 0 Å². The summed E-state index contributed by atoms with van der Waals surface area (Å²) < 4.78 is 0.